The van der Waals surface area contributed by atoms with Crippen LogP contribution >= 0.6 is 0 Å². The fourth-order valence-corrected chi connectivity index (χ4v) is 2.34. The molecule has 0 saturated carbocycles. The molecule has 0 atom stereocenters. The SMILES string of the molecule is N#Cc1c(-c2ccc(C(F)(F)F)cc2)nn(-c2ccc(F)cc2)c1N. The van der Waals surface area contributed by atoms with Crippen LogP contribution in [0, 0.1) is 17.1 Å². The number of anilines is 1. The number of nitrogen functional groups attached to an aromatic ring is 1. The molecule has 126 valence electrons. The van der Waals surface area contributed by atoms with Gasteiger partial charge in [-0.05, 0) is 36.4 Å². The molecule has 0 fully saturated rings. The van der Waals surface area contributed by atoms with Gasteiger partial charge >= 0.3 is 6.18 Å². The van der Waals surface area contributed by atoms with Crippen LogP contribution in [0.15, 0.2) is 48.5 Å². The summed E-state index contributed by atoms with van der Waals surface area (Å²) in [4.78, 5) is 0. The van der Waals surface area contributed by atoms with Gasteiger partial charge in [0.2, 0.25) is 0 Å². The Kier molecular flexibility index (Phi) is 3.93. The third kappa shape index (κ3) is 3.04. The minimum absolute atomic E-state index is 0.0176. The smallest absolute Gasteiger partial charge is 0.382 e. The lowest BCUT2D eigenvalue weighted by atomic mass is 10.1. The second kappa shape index (κ2) is 5.94. The van der Waals surface area contributed by atoms with Gasteiger partial charge < -0.3 is 5.73 Å². The molecule has 1 aromatic heterocycles. The first-order valence-corrected chi connectivity index (χ1v) is 7.03. The quantitative estimate of drug-likeness (QED) is 0.709. The minimum atomic E-state index is -4.46. The van der Waals surface area contributed by atoms with Crippen LogP contribution in [0.4, 0.5) is 23.4 Å². The normalized spacial score (nSPS) is 11.3. The summed E-state index contributed by atoms with van der Waals surface area (Å²) in [7, 11) is 0. The molecule has 0 saturated heterocycles. The molecule has 8 heteroatoms. The largest absolute Gasteiger partial charge is 0.416 e. The number of nitriles is 1. The van der Waals surface area contributed by atoms with Crippen LogP contribution in [0.3, 0.4) is 0 Å². The Morgan fingerprint density at radius 3 is 2.12 bits per heavy atom. The molecule has 0 bridgehead atoms. The molecule has 0 spiro atoms. The summed E-state index contributed by atoms with van der Waals surface area (Å²) >= 11 is 0. The Hall–Kier alpha value is -3.34. The van der Waals surface area contributed by atoms with Crippen LogP contribution in [0.5, 0.6) is 0 Å². The molecule has 0 aliphatic rings. The van der Waals surface area contributed by atoms with E-state index < -0.39 is 17.6 Å². The van der Waals surface area contributed by atoms with Crippen LogP contribution in [-0.2, 0) is 6.18 Å². The molecule has 0 amide bonds. The van der Waals surface area contributed by atoms with Crippen molar-refractivity contribution in [3.63, 3.8) is 0 Å². The van der Waals surface area contributed by atoms with Gasteiger partial charge in [-0.3, -0.25) is 0 Å². The van der Waals surface area contributed by atoms with Gasteiger partial charge in [0, 0.05) is 5.56 Å². The zero-order chi connectivity index (χ0) is 18.2. The average Bonchev–Trinajstić information content (AvgIpc) is 2.91. The lowest BCUT2D eigenvalue weighted by Gasteiger charge is -2.06. The van der Waals surface area contributed by atoms with Gasteiger partial charge in [0.25, 0.3) is 0 Å². The van der Waals surface area contributed by atoms with E-state index >= 15 is 0 Å². The van der Waals surface area contributed by atoms with E-state index in [1.807, 2.05) is 6.07 Å². The van der Waals surface area contributed by atoms with Crippen molar-refractivity contribution in [1.29, 1.82) is 5.26 Å². The highest BCUT2D eigenvalue weighted by Crippen LogP contribution is 2.33. The second-order valence-electron chi connectivity index (χ2n) is 5.18. The molecule has 0 radical (unpaired) electrons. The third-order valence-corrected chi connectivity index (χ3v) is 3.59. The fraction of sp³-hybridized carbons (Fsp3) is 0.0588. The maximum Gasteiger partial charge on any atom is 0.416 e. The van der Waals surface area contributed by atoms with Crippen LogP contribution < -0.4 is 5.73 Å². The number of hydrogen-bond acceptors (Lipinski definition) is 3. The van der Waals surface area contributed by atoms with Crippen LogP contribution in [0.25, 0.3) is 16.9 Å². The predicted octanol–water partition coefficient (Wildman–Crippen LogP) is 4.15. The van der Waals surface area contributed by atoms with E-state index in [0.717, 1.165) is 12.1 Å². The van der Waals surface area contributed by atoms with Gasteiger partial charge in [0.15, 0.2) is 0 Å². The molecule has 4 nitrogen and oxygen atoms in total. The second-order valence-corrected chi connectivity index (χ2v) is 5.18. The maximum atomic E-state index is 13.0. The topological polar surface area (TPSA) is 67.6 Å². The van der Waals surface area contributed by atoms with Crippen molar-refractivity contribution in [3.8, 4) is 23.0 Å². The lowest BCUT2D eigenvalue weighted by Crippen LogP contribution is -2.04. The number of benzene rings is 2. The van der Waals surface area contributed by atoms with Gasteiger partial charge in [-0.1, -0.05) is 12.1 Å². The fourth-order valence-electron chi connectivity index (χ4n) is 2.34. The van der Waals surface area contributed by atoms with Crippen LogP contribution in [0.1, 0.15) is 11.1 Å². The van der Waals surface area contributed by atoms with Gasteiger partial charge in [0.1, 0.15) is 29.0 Å². The zero-order valence-corrected chi connectivity index (χ0v) is 12.5. The Labute approximate surface area is 139 Å². The van der Waals surface area contributed by atoms with Crippen LogP contribution in [0.2, 0.25) is 0 Å². The Bertz CT molecular complexity index is 949. The summed E-state index contributed by atoms with van der Waals surface area (Å²) in [5.74, 6) is -0.429. The molecule has 0 aliphatic carbocycles. The molecular weight excluding hydrogens is 336 g/mol. The van der Waals surface area contributed by atoms with Crippen molar-refractivity contribution in [2.45, 2.75) is 6.18 Å². The molecule has 3 rings (SSSR count). The molecule has 0 aliphatic heterocycles. The Balaban J connectivity index is 2.10. The van der Waals surface area contributed by atoms with E-state index in [4.69, 9.17) is 5.73 Å². The molecule has 2 N–H and O–H groups in total. The highest BCUT2D eigenvalue weighted by Gasteiger charge is 2.30. The van der Waals surface area contributed by atoms with E-state index in [-0.39, 0.29) is 17.1 Å². The third-order valence-electron chi connectivity index (χ3n) is 3.59. The monoisotopic (exact) mass is 346 g/mol. The number of nitrogens with two attached hydrogens (primary N) is 1. The number of aromatic nitrogens is 2. The number of alkyl halides is 3. The first-order chi connectivity index (χ1) is 11.8. The first-order valence-electron chi connectivity index (χ1n) is 7.03. The van der Waals surface area contributed by atoms with Crippen molar-refractivity contribution in [3.05, 3.63) is 65.5 Å². The van der Waals surface area contributed by atoms with Crippen LogP contribution in [-0.4, -0.2) is 9.78 Å². The summed E-state index contributed by atoms with van der Waals surface area (Å²) < 4.78 is 52.3. The van der Waals surface area contributed by atoms with Gasteiger partial charge in [-0.2, -0.15) is 23.5 Å². The summed E-state index contributed by atoms with van der Waals surface area (Å²) in [5, 5.41) is 13.5. The van der Waals surface area contributed by atoms with Crippen molar-refractivity contribution in [2.75, 3.05) is 5.73 Å². The van der Waals surface area contributed by atoms with E-state index in [9.17, 15) is 22.8 Å². The van der Waals surface area contributed by atoms with Crippen molar-refractivity contribution >= 4 is 5.82 Å². The summed E-state index contributed by atoms with van der Waals surface area (Å²) in [5.41, 5.74) is 6.04. The summed E-state index contributed by atoms with van der Waals surface area (Å²) in [6.07, 6.45) is -4.46. The predicted molar refractivity (Wildman–Crippen MR) is 83.1 cm³/mol. The molecule has 0 unspecified atom stereocenters. The Morgan fingerprint density at radius 1 is 1.00 bits per heavy atom. The Morgan fingerprint density at radius 2 is 1.60 bits per heavy atom. The van der Waals surface area contributed by atoms with E-state index in [2.05, 4.69) is 5.10 Å². The highest BCUT2D eigenvalue weighted by atomic mass is 19.4. The zero-order valence-electron chi connectivity index (χ0n) is 12.5. The maximum absolute atomic E-state index is 13.0. The lowest BCUT2D eigenvalue weighted by molar-refractivity contribution is -0.137. The summed E-state index contributed by atoms with van der Waals surface area (Å²) in [6.45, 7) is 0. The molecule has 25 heavy (non-hydrogen) atoms. The number of nitrogens with zero attached hydrogens (tertiary/aromatic N) is 3. The minimum Gasteiger partial charge on any atom is -0.382 e. The average molecular weight is 346 g/mol. The molecular formula is C17H10F4N4. The number of rotatable bonds is 2. The number of hydrogen-bond donors (Lipinski definition) is 1. The van der Waals surface area contributed by atoms with Gasteiger partial charge in [-0.15, -0.1) is 0 Å². The molecule has 3 aromatic rings. The summed E-state index contributed by atoms with van der Waals surface area (Å²) in [6, 6.07) is 11.4. The highest BCUT2D eigenvalue weighted by molar-refractivity contribution is 5.74. The van der Waals surface area contributed by atoms with Crippen molar-refractivity contribution < 1.29 is 17.6 Å². The molecule has 2 aromatic carbocycles. The van der Waals surface area contributed by atoms with Crippen molar-refractivity contribution in [1.82, 2.24) is 9.78 Å². The van der Waals surface area contributed by atoms with E-state index in [1.54, 1.807) is 0 Å². The van der Waals surface area contributed by atoms with E-state index in [0.29, 0.717) is 11.3 Å². The van der Waals surface area contributed by atoms with Gasteiger partial charge in [-0.25, -0.2) is 9.07 Å². The van der Waals surface area contributed by atoms with E-state index in [1.165, 1.54) is 41.1 Å². The van der Waals surface area contributed by atoms with Crippen molar-refractivity contribution in [2.24, 2.45) is 0 Å². The van der Waals surface area contributed by atoms with Gasteiger partial charge in [0.05, 0.1) is 11.3 Å². The standard InChI is InChI=1S/C17H10F4N4/c18-12-5-7-13(8-6-12)25-16(23)14(9-22)15(24-25)10-1-3-11(4-2-10)17(19,20)21/h1-8H,23H2. The number of halogens is 4. The molecule has 1 heterocycles. The first kappa shape index (κ1) is 16.5.